The molecule has 1 amide bonds. The predicted octanol–water partition coefficient (Wildman–Crippen LogP) is 1.19. The molecule has 1 atom stereocenters. The number of amides is 1. The number of aromatic nitrogens is 1. The fraction of sp³-hybridized carbons (Fsp3) is 0.571. The number of hydrogen-bond donors (Lipinski definition) is 3. The molecule has 0 spiro atoms. The van der Waals surface area contributed by atoms with Crippen molar-refractivity contribution in [1.29, 1.82) is 0 Å². The summed E-state index contributed by atoms with van der Waals surface area (Å²) in [6, 6.07) is 0.311. The van der Waals surface area contributed by atoms with Crippen LogP contribution in [0.2, 0.25) is 0 Å². The van der Waals surface area contributed by atoms with Crippen LogP contribution < -0.4 is 15.4 Å². The first-order valence-corrected chi connectivity index (χ1v) is 7.73. The van der Waals surface area contributed by atoms with E-state index in [1.807, 2.05) is 13.8 Å². The minimum Gasteiger partial charge on any atom is -0.467 e. The van der Waals surface area contributed by atoms with Gasteiger partial charge in [-0.1, -0.05) is 31.3 Å². The highest BCUT2D eigenvalue weighted by atomic mass is 32.1. The molecule has 1 heterocycles. The molecule has 0 fully saturated rings. The molecular weight excluding hydrogens is 290 g/mol. The second-order valence-electron chi connectivity index (χ2n) is 4.85. The smallest absolute Gasteiger partial charge is 0.273 e. The van der Waals surface area contributed by atoms with E-state index >= 15 is 0 Å². The Labute approximate surface area is 129 Å². The van der Waals surface area contributed by atoms with Gasteiger partial charge in [0.15, 0.2) is 0 Å². The number of rotatable bonds is 10. The number of carbonyl (C=O) groups is 1. The fourth-order valence-electron chi connectivity index (χ4n) is 1.40. The van der Waals surface area contributed by atoms with Gasteiger partial charge in [0, 0.05) is 19.1 Å². The monoisotopic (exact) mass is 313 g/mol. The lowest BCUT2D eigenvalue weighted by Crippen LogP contribution is -2.35. The fourth-order valence-corrected chi connectivity index (χ4v) is 2.09. The number of hydrogen-bond acceptors (Lipinski definition) is 6. The summed E-state index contributed by atoms with van der Waals surface area (Å²) in [6.07, 6.45) is 3.33. The van der Waals surface area contributed by atoms with Gasteiger partial charge in [-0.2, -0.15) is 0 Å². The first-order chi connectivity index (χ1) is 10.0. The van der Waals surface area contributed by atoms with Crippen molar-refractivity contribution in [3.63, 3.8) is 0 Å². The maximum Gasteiger partial charge on any atom is 0.273 e. The van der Waals surface area contributed by atoms with Crippen molar-refractivity contribution < 1.29 is 14.6 Å². The van der Waals surface area contributed by atoms with Crippen LogP contribution in [0.1, 0.15) is 29.9 Å². The quantitative estimate of drug-likeness (QED) is 0.446. The molecule has 3 N–H and O–H groups in total. The molecule has 0 saturated heterocycles. The van der Waals surface area contributed by atoms with Gasteiger partial charge in [0.1, 0.15) is 17.6 Å². The Kier molecular flexibility index (Phi) is 7.96. The third-order valence-corrected chi connectivity index (χ3v) is 3.41. The standard InChI is InChI=1S/C14H23N3O3S/c1-4-5-6-15-13(19)12-8-17-14(21-12)20-9-11(18)7-16-10(2)3/h4,8,10-11,16,18H,1,5-7,9H2,2-3H3,(H,15,19). The number of ether oxygens (including phenoxy) is 1. The highest BCUT2D eigenvalue weighted by Gasteiger charge is 2.12. The third kappa shape index (κ3) is 7.22. The molecule has 0 radical (unpaired) electrons. The second-order valence-corrected chi connectivity index (χ2v) is 5.84. The summed E-state index contributed by atoms with van der Waals surface area (Å²) in [5, 5.41) is 16.0. The van der Waals surface area contributed by atoms with Crippen molar-refractivity contribution in [2.75, 3.05) is 19.7 Å². The number of aliphatic hydroxyl groups excluding tert-OH is 1. The number of nitrogens with one attached hydrogen (secondary N) is 2. The van der Waals surface area contributed by atoms with Gasteiger partial charge in [-0.3, -0.25) is 4.79 Å². The highest BCUT2D eigenvalue weighted by molar-refractivity contribution is 7.15. The molecule has 0 aromatic carbocycles. The minimum absolute atomic E-state index is 0.144. The number of nitrogens with zero attached hydrogens (tertiary/aromatic N) is 1. The van der Waals surface area contributed by atoms with E-state index in [4.69, 9.17) is 4.74 Å². The molecule has 6 nitrogen and oxygen atoms in total. The van der Waals surface area contributed by atoms with Crippen molar-refractivity contribution in [2.24, 2.45) is 0 Å². The van der Waals surface area contributed by atoms with E-state index in [2.05, 4.69) is 22.2 Å². The molecule has 118 valence electrons. The first kappa shape index (κ1) is 17.6. The summed E-state index contributed by atoms with van der Waals surface area (Å²) in [5.41, 5.74) is 0. The average Bonchev–Trinajstić information content (AvgIpc) is 2.92. The summed E-state index contributed by atoms with van der Waals surface area (Å²) < 4.78 is 5.38. The Morgan fingerprint density at radius 1 is 1.62 bits per heavy atom. The van der Waals surface area contributed by atoms with Crippen LogP contribution in [0.15, 0.2) is 18.9 Å². The molecule has 0 bridgehead atoms. The van der Waals surface area contributed by atoms with Gasteiger partial charge in [0.05, 0.1) is 6.20 Å². The lowest BCUT2D eigenvalue weighted by atomic mass is 10.3. The molecule has 1 rings (SSSR count). The zero-order valence-corrected chi connectivity index (χ0v) is 13.3. The lowest BCUT2D eigenvalue weighted by Gasteiger charge is -2.13. The minimum atomic E-state index is -0.610. The SMILES string of the molecule is C=CCCNC(=O)c1cnc(OCC(O)CNC(C)C)s1. The van der Waals surface area contributed by atoms with Crippen molar-refractivity contribution in [3.8, 4) is 5.19 Å². The Hall–Kier alpha value is -1.44. The van der Waals surface area contributed by atoms with Crippen LogP contribution >= 0.6 is 11.3 Å². The maximum absolute atomic E-state index is 11.8. The Balaban J connectivity index is 2.34. The third-order valence-electron chi connectivity index (χ3n) is 2.50. The summed E-state index contributed by atoms with van der Waals surface area (Å²) >= 11 is 1.16. The van der Waals surface area contributed by atoms with E-state index in [0.717, 1.165) is 17.8 Å². The van der Waals surface area contributed by atoms with Crippen molar-refractivity contribution >= 4 is 17.2 Å². The molecule has 0 saturated carbocycles. The summed E-state index contributed by atoms with van der Waals surface area (Å²) in [7, 11) is 0. The maximum atomic E-state index is 11.8. The van der Waals surface area contributed by atoms with Gasteiger partial charge in [0.25, 0.3) is 11.1 Å². The second kappa shape index (κ2) is 9.49. The summed E-state index contributed by atoms with van der Waals surface area (Å²) in [6.45, 7) is 8.75. The lowest BCUT2D eigenvalue weighted by molar-refractivity contribution is 0.0958. The number of aliphatic hydroxyl groups is 1. The van der Waals surface area contributed by atoms with Crippen molar-refractivity contribution in [2.45, 2.75) is 32.4 Å². The average molecular weight is 313 g/mol. The first-order valence-electron chi connectivity index (χ1n) is 6.92. The van der Waals surface area contributed by atoms with Crippen LogP contribution in [0.4, 0.5) is 0 Å². The largest absolute Gasteiger partial charge is 0.467 e. The molecule has 0 aliphatic heterocycles. The Morgan fingerprint density at radius 2 is 2.38 bits per heavy atom. The zero-order valence-electron chi connectivity index (χ0n) is 12.5. The topological polar surface area (TPSA) is 83.5 Å². The normalized spacial score (nSPS) is 12.2. The van der Waals surface area contributed by atoms with Gasteiger partial charge in [-0.25, -0.2) is 4.98 Å². The van der Waals surface area contributed by atoms with Gasteiger partial charge in [0.2, 0.25) is 0 Å². The van der Waals surface area contributed by atoms with Crippen molar-refractivity contribution in [1.82, 2.24) is 15.6 Å². The van der Waals surface area contributed by atoms with Gasteiger partial charge in [-0.15, -0.1) is 6.58 Å². The van der Waals surface area contributed by atoms with Crippen LogP contribution in [-0.4, -0.2) is 47.8 Å². The van der Waals surface area contributed by atoms with Crippen LogP contribution in [0, 0.1) is 0 Å². The molecule has 1 aromatic heterocycles. The molecule has 0 aliphatic carbocycles. The molecule has 0 aliphatic rings. The van der Waals surface area contributed by atoms with E-state index < -0.39 is 6.10 Å². The number of carbonyl (C=O) groups excluding carboxylic acids is 1. The number of thiazole rings is 1. The molecule has 21 heavy (non-hydrogen) atoms. The van der Waals surface area contributed by atoms with Crippen LogP contribution in [0.5, 0.6) is 5.19 Å². The Bertz CT molecular complexity index is 448. The van der Waals surface area contributed by atoms with E-state index in [0.29, 0.717) is 29.2 Å². The van der Waals surface area contributed by atoms with Gasteiger partial charge >= 0.3 is 0 Å². The predicted molar refractivity (Wildman–Crippen MR) is 83.9 cm³/mol. The van der Waals surface area contributed by atoms with Gasteiger partial charge in [-0.05, 0) is 6.42 Å². The van der Waals surface area contributed by atoms with Crippen molar-refractivity contribution in [3.05, 3.63) is 23.7 Å². The van der Waals surface area contributed by atoms with E-state index in [9.17, 15) is 9.90 Å². The van der Waals surface area contributed by atoms with Crippen LogP contribution in [-0.2, 0) is 0 Å². The summed E-state index contributed by atoms with van der Waals surface area (Å²) in [5.74, 6) is -0.175. The Morgan fingerprint density at radius 3 is 3.05 bits per heavy atom. The van der Waals surface area contributed by atoms with Crippen LogP contribution in [0.25, 0.3) is 0 Å². The van der Waals surface area contributed by atoms with E-state index in [-0.39, 0.29) is 12.5 Å². The van der Waals surface area contributed by atoms with Crippen LogP contribution in [0.3, 0.4) is 0 Å². The van der Waals surface area contributed by atoms with Gasteiger partial charge < -0.3 is 20.5 Å². The summed E-state index contributed by atoms with van der Waals surface area (Å²) in [4.78, 5) is 16.3. The molecule has 1 unspecified atom stereocenters. The zero-order chi connectivity index (χ0) is 15.7. The molecule has 1 aromatic rings. The van der Waals surface area contributed by atoms with E-state index in [1.165, 1.54) is 6.20 Å². The molecule has 7 heteroatoms. The van der Waals surface area contributed by atoms with E-state index in [1.54, 1.807) is 6.08 Å². The highest BCUT2D eigenvalue weighted by Crippen LogP contribution is 2.20. The molecular formula is C14H23N3O3S.